The van der Waals surface area contributed by atoms with E-state index < -0.39 is 5.60 Å². The third kappa shape index (κ3) is 5.17. The molecule has 2 rings (SSSR count). The number of aromatic nitrogens is 2. The molecule has 5 nitrogen and oxygen atoms in total. The molecule has 1 aromatic heterocycles. The molecule has 0 N–H and O–H groups in total. The highest BCUT2D eigenvalue weighted by atomic mass is 79.9. The summed E-state index contributed by atoms with van der Waals surface area (Å²) in [7, 11) is 0. The summed E-state index contributed by atoms with van der Waals surface area (Å²) >= 11 is 4.55. The maximum Gasteiger partial charge on any atom is 0.316 e. The van der Waals surface area contributed by atoms with Crippen LogP contribution in [0.1, 0.15) is 20.8 Å². The van der Waals surface area contributed by atoms with E-state index in [0.717, 1.165) is 21.8 Å². The fourth-order valence-electron chi connectivity index (χ4n) is 1.50. The van der Waals surface area contributed by atoms with Gasteiger partial charge >= 0.3 is 5.97 Å². The van der Waals surface area contributed by atoms with E-state index >= 15 is 0 Å². The average molecular weight is 371 g/mol. The lowest BCUT2D eigenvalue weighted by Gasteiger charge is -2.18. The van der Waals surface area contributed by atoms with Crippen LogP contribution in [0, 0.1) is 0 Å². The van der Waals surface area contributed by atoms with Gasteiger partial charge in [0.05, 0.1) is 0 Å². The number of carbonyl (C=O) groups excluding carboxylic acids is 1. The van der Waals surface area contributed by atoms with Crippen molar-refractivity contribution in [2.45, 2.75) is 31.6 Å². The predicted octanol–water partition coefficient (Wildman–Crippen LogP) is 3.93. The average Bonchev–Trinajstić information content (AvgIpc) is 2.83. The predicted molar refractivity (Wildman–Crippen MR) is 84.0 cm³/mol. The molecule has 1 aromatic carbocycles. The fourth-order valence-corrected chi connectivity index (χ4v) is 2.43. The Balaban J connectivity index is 1.96. The number of thioether (sulfide) groups is 1. The van der Waals surface area contributed by atoms with Crippen LogP contribution in [0.4, 0.5) is 0 Å². The van der Waals surface area contributed by atoms with Crippen LogP contribution in [0.2, 0.25) is 0 Å². The molecular weight excluding hydrogens is 356 g/mol. The van der Waals surface area contributed by atoms with E-state index in [4.69, 9.17) is 9.15 Å². The Morgan fingerprint density at radius 2 is 2.14 bits per heavy atom. The summed E-state index contributed by atoms with van der Waals surface area (Å²) in [5, 5.41) is 8.23. The number of esters is 1. The lowest BCUT2D eigenvalue weighted by atomic mass is 10.2. The third-order valence-electron chi connectivity index (χ3n) is 2.21. The molecule has 0 aliphatic rings. The quantitative estimate of drug-likeness (QED) is 0.599. The normalized spacial score (nSPS) is 11.4. The molecule has 0 fully saturated rings. The first-order valence-corrected chi connectivity index (χ1v) is 8.05. The molecule has 0 bridgehead atoms. The highest BCUT2D eigenvalue weighted by Gasteiger charge is 2.18. The van der Waals surface area contributed by atoms with Gasteiger partial charge in [-0.05, 0) is 39.0 Å². The first-order chi connectivity index (χ1) is 9.83. The smallest absolute Gasteiger partial charge is 0.316 e. The summed E-state index contributed by atoms with van der Waals surface area (Å²) < 4.78 is 11.7. The molecule has 1 heterocycles. The summed E-state index contributed by atoms with van der Waals surface area (Å²) in [4.78, 5) is 11.6. The molecule has 21 heavy (non-hydrogen) atoms. The zero-order valence-electron chi connectivity index (χ0n) is 11.9. The number of benzene rings is 1. The second-order valence-electron chi connectivity index (χ2n) is 5.26. The van der Waals surface area contributed by atoms with Gasteiger partial charge in [-0.1, -0.05) is 33.8 Å². The lowest BCUT2D eigenvalue weighted by Crippen LogP contribution is -2.24. The molecule has 0 amide bonds. The van der Waals surface area contributed by atoms with Crippen LogP contribution >= 0.6 is 27.7 Å². The van der Waals surface area contributed by atoms with E-state index in [2.05, 4.69) is 26.1 Å². The van der Waals surface area contributed by atoms with Crippen molar-refractivity contribution in [3.63, 3.8) is 0 Å². The number of hydrogen-bond donors (Lipinski definition) is 0. The second-order valence-corrected chi connectivity index (χ2v) is 7.10. The molecule has 0 atom stereocenters. The van der Waals surface area contributed by atoms with Crippen molar-refractivity contribution < 1.29 is 13.9 Å². The zero-order chi connectivity index (χ0) is 15.5. The summed E-state index contributed by atoms with van der Waals surface area (Å²) in [6, 6.07) is 7.56. The molecule has 2 aromatic rings. The van der Waals surface area contributed by atoms with Crippen molar-refractivity contribution in [1.82, 2.24) is 10.2 Å². The maximum atomic E-state index is 11.6. The van der Waals surface area contributed by atoms with Crippen LogP contribution in [-0.4, -0.2) is 27.5 Å². The Hall–Kier alpha value is -1.34. The van der Waals surface area contributed by atoms with Gasteiger partial charge in [-0.15, -0.1) is 10.2 Å². The Morgan fingerprint density at radius 3 is 2.81 bits per heavy atom. The summed E-state index contributed by atoms with van der Waals surface area (Å²) in [5.41, 5.74) is 0.328. The molecule has 0 aliphatic heterocycles. The molecule has 0 aliphatic carbocycles. The van der Waals surface area contributed by atoms with Crippen LogP contribution in [0.25, 0.3) is 11.5 Å². The van der Waals surface area contributed by atoms with Gasteiger partial charge in [0, 0.05) is 10.0 Å². The SMILES string of the molecule is CC(C)(C)OC(=O)CSc1nnc(-c2cccc(Br)c2)o1. The number of nitrogens with zero attached hydrogens (tertiary/aromatic N) is 2. The lowest BCUT2D eigenvalue weighted by molar-refractivity contribution is -0.151. The fraction of sp³-hybridized carbons (Fsp3) is 0.357. The molecule has 0 unspecified atom stereocenters. The van der Waals surface area contributed by atoms with E-state index in [-0.39, 0.29) is 11.7 Å². The first kappa shape index (κ1) is 16.0. The van der Waals surface area contributed by atoms with Crippen LogP contribution in [-0.2, 0) is 9.53 Å². The molecular formula is C14H15BrN2O3S. The van der Waals surface area contributed by atoms with Crippen LogP contribution in [0.15, 0.2) is 38.4 Å². The minimum Gasteiger partial charge on any atom is -0.459 e. The van der Waals surface area contributed by atoms with Crippen LogP contribution < -0.4 is 0 Å². The minimum atomic E-state index is -0.492. The Bertz CT molecular complexity index is 637. The van der Waals surface area contributed by atoms with E-state index in [1.54, 1.807) is 0 Å². The van der Waals surface area contributed by atoms with E-state index in [1.165, 1.54) is 0 Å². The summed E-state index contributed by atoms with van der Waals surface area (Å²) in [5.74, 6) is 0.245. The van der Waals surface area contributed by atoms with Gasteiger partial charge in [-0.2, -0.15) is 0 Å². The molecule has 112 valence electrons. The van der Waals surface area contributed by atoms with Crippen molar-refractivity contribution in [1.29, 1.82) is 0 Å². The molecule has 0 radical (unpaired) electrons. The monoisotopic (exact) mass is 370 g/mol. The standard InChI is InChI=1S/C14H15BrN2O3S/c1-14(2,3)20-11(18)8-21-13-17-16-12(19-13)9-5-4-6-10(15)7-9/h4-7H,8H2,1-3H3. The number of ether oxygens (including phenoxy) is 1. The second kappa shape index (κ2) is 6.62. The molecule has 7 heteroatoms. The van der Waals surface area contributed by atoms with Crippen LogP contribution in [0.5, 0.6) is 0 Å². The maximum absolute atomic E-state index is 11.6. The van der Waals surface area contributed by atoms with Crippen LogP contribution in [0.3, 0.4) is 0 Å². The van der Waals surface area contributed by atoms with Gasteiger partial charge in [-0.3, -0.25) is 4.79 Å². The van der Waals surface area contributed by atoms with Crippen molar-refractivity contribution in [2.75, 3.05) is 5.75 Å². The van der Waals surface area contributed by atoms with Gasteiger partial charge in [0.25, 0.3) is 5.22 Å². The van der Waals surface area contributed by atoms with Gasteiger partial charge in [0.15, 0.2) is 0 Å². The largest absolute Gasteiger partial charge is 0.459 e. The van der Waals surface area contributed by atoms with E-state index in [0.29, 0.717) is 11.1 Å². The first-order valence-electron chi connectivity index (χ1n) is 6.27. The number of hydrogen-bond acceptors (Lipinski definition) is 6. The molecule has 0 saturated carbocycles. The van der Waals surface area contributed by atoms with Gasteiger partial charge in [-0.25, -0.2) is 0 Å². The highest BCUT2D eigenvalue weighted by molar-refractivity contribution is 9.10. The van der Waals surface area contributed by atoms with Crippen molar-refractivity contribution in [2.24, 2.45) is 0 Å². The summed E-state index contributed by atoms with van der Waals surface area (Å²) in [6.07, 6.45) is 0. The van der Waals surface area contributed by atoms with Crippen molar-refractivity contribution >= 4 is 33.7 Å². The Morgan fingerprint density at radius 1 is 1.38 bits per heavy atom. The number of carbonyl (C=O) groups is 1. The summed E-state index contributed by atoms with van der Waals surface area (Å²) in [6.45, 7) is 5.48. The van der Waals surface area contributed by atoms with Gasteiger partial charge in [0.2, 0.25) is 5.89 Å². The third-order valence-corrected chi connectivity index (χ3v) is 3.50. The van der Waals surface area contributed by atoms with Crippen molar-refractivity contribution in [3.05, 3.63) is 28.7 Å². The topological polar surface area (TPSA) is 65.2 Å². The zero-order valence-corrected chi connectivity index (χ0v) is 14.3. The molecule has 0 saturated heterocycles. The number of rotatable bonds is 4. The van der Waals surface area contributed by atoms with E-state index in [9.17, 15) is 4.79 Å². The highest BCUT2D eigenvalue weighted by Crippen LogP contribution is 2.25. The van der Waals surface area contributed by atoms with E-state index in [1.807, 2.05) is 45.0 Å². The van der Waals surface area contributed by atoms with Crippen molar-refractivity contribution in [3.8, 4) is 11.5 Å². The Kier molecular flexibility index (Phi) is 5.05. The van der Waals surface area contributed by atoms with Gasteiger partial charge < -0.3 is 9.15 Å². The molecule has 0 spiro atoms. The minimum absolute atomic E-state index is 0.136. The van der Waals surface area contributed by atoms with Gasteiger partial charge in [0.1, 0.15) is 11.4 Å². The Labute approximate surface area is 135 Å². The number of halogens is 1.